The molecule has 0 aliphatic carbocycles. The molecule has 31 heavy (non-hydrogen) atoms. The number of rotatable bonds is 7. The number of aliphatic hydroxyl groups excluding tert-OH is 2. The Hall–Kier alpha value is -3.13. The summed E-state index contributed by atoms with van der Waals surface area (Å²) in [6.45, 7) is 0.113. The molecule has 0 radical (unpaired) electrons. The van der Waals surface area contributed by atoms with Crippen LogP contribution in [0.1, 0.15) is 25.5 Å². The average Bonchev–Trinajstić information content (AvgIpc) is 3.31. The summed E-state index contributed by atoms with van der Waals surface area (Å²) in [5.41, 5.74) is 14.6. The van der Waals surface area contributed by atoms with E-state index in [1.165, 1.54) is 10.9 Å². The number of hydrazone groups is 1. The summed E-state index contributed by atoms with van der Waals surface area (Å²) < 4.78 is 12.4. The Balaban J connectivity index is 1.57. The Labute approximate surface area is 176 Å². The number of aromatic nitrogens is 4. The van der Waals surface area contributed by atoms with E-state index in [9.17, 15) is 15.0 Å². The van der Waals surface area contributed by atoms with Gasteiger partial charge in [-0.3, -0.25) is 9.36 Å². The molecule has 0 saturated carbocycles. The number of ether oxygens (including phenoxy) is 2. The molecule has 0 amide bonds. The lowest BCUT2D eigenvalue weighted by atomic mass is 10.0. The summed E-state index contributed by atoms with van der Waals surface area (Å²) >= 11 is 0. The summed E-state index contributed by atoms with van der Waals surface area (Å²) in [5.74, 6) is -0.216. The van der Waals surface area contributed by atoms with Gasteiger partial charge in [-0.15, -0.1) is 0 Å². The molecule has 2 aliphatic rings. The fraction of sp³-hybridized carbons (Fsp3) is 0.500. The maximum absolute atomic E-state index is 12.2. The number of ketones is 1. The first-order valence-electron chi connectivity index (χ1n) is 9.83. The second-order valence-electron chi connectivity index (χ2n) is 7.20. The molecule has 13 heteroatoms. The Kier molecular flexibility index (Phi) is 6.08. The van der Waals surface area contributed by atoms with E-state index < -0.39 is 30.3 Å². The lowest BCUT2D eigenvalue weighted by molar-refractivity contribution is -0.135. The van der Waals surface area contributed by atoms with E-state index in [-0.39, 0.29) is 42.0 Å². The number of nitrogens with zero attached hydrogens (tertiary/aromatic N) is 5. The molecule has 5 atom stereocenters. The molecule has 7 N–H and O–H groups in total. The summed E-state index contributed by atoms with van der Waals surface area (Å²) in [6, 6.07) is 0. The Morgan fingerprint density at radius 2 is 2.23 bits per heavy atom. The number of hydrogen-bond acceptors (Lipinski definition) is 12. The SMILES string of the molecule is NCCC(=O)[C@H]1O[C@@H](n2cnc3c(N)nc(N/N=C/[C@H]4CCC=CO4)nc32)[C@H](O)[C@@H]1O. The molecule has 2 aromatic rings. The number of carbonyl (C=O) groups excluding carboxylic acids is 1. The maximum Gasteiger partial charge on any atom is 0.247 e. The van der Waals surface area contributed by atoms with Crippen molar-refractivity contribution < 1.29 is 24.5 Å². The van der Waals surface area contributed by atoms with Gasteiger partial charge < -0.3 is 31.2 Å². The van der Waals surface area contributed by atoms with Crippen LogP contribution in [0.2, 0.25) is 0 Å². The minimum absolute atomic E-state index is 0.0214. The Morgan fingerprint density at radius 1 is 1.39 bits per heavy atom. The standard InChI is InChI=1S/C18H24N8O5/c19-5-4-10(27)14-12(28)13(29)17(31-14)26-8-21-11-15(20)23-18(24-16(11)26)25-22-7-9-3-1-2-6-30-9/h2,6-9,12-14,17,28-29H,1,3-5,19H2,(H3,20,23,24,25)/b22-7+/t9-,12+,13-,14-,17-/m1/s1. The zero-order valence-corrected chi connectivity index (χ0v) is 16.5. The van der Waals surface area contributed by atoms with Gasteiger partial charge in [0.15, 0.2) is 23.5 Å². The normalized spacial score (nSPS) is 28.3. The number of allylic oxidation sites excluding steroid dienone is 1. The van der Waals surface area contributed by atoms with Crippen LogP contribution >= 0.6 is 0 Å². The van der Waals surface area contributed by atoms with Crippen LogP contribution in [0.3, 0.4) is 0 Å². The first kappa shape index (κ1) is 21.1. The van der Waals surface area contributed by atoms with E-state index in [1.807, 2.05) is 6.08 Å². The number of nitrogens with one attached hydrogen (secondary N) is 1. The van der Waals surface area contributed by atoms with Crippen molar-refractivity contribution >= 4 is 34.9 Å². The van der Waals surface area contributed by atoms with E-state index in [2.05, 4.69) is 25.5 Å². The van der Waals surface area contributed by atoms with Gasteiger partial charge in [0.25, 0.3) is 0 Å². The number of anilines is 2. The number of hydrogen-bond donors (Lipinski definition) is 5. The quantitative estimate of drug-likeness (QED) is 0.267. The molecule has 0 spiro atoms. The van der Waals surface area contributed by atoms with Crippen LogP contribution < -0.4 is 16.9 Å². The second kappa shape index (κ2) is 8.93. The third-order valence-electron chi connectivity index (χ3n) is 5.04. The van der Waals surface area contributed by atoms with Gasteiger partial charge in [0, 0.05) is 6.42 Å². The van der Waals surface area contributed by atoms with Crippen LogP contribution in [0.5, 0.6) is 0 Å². The molecular weight excluding hydrogens is 408 g/mol. The molecule has 2 aliphatic heterocycles. The third kappa shape index (κ3) is 4.20. The summed E-state index contributed by atoms with van der Waals surface area (Å²) in [5, 5.41) is 24.8. The van der Waals surface area contributed by atoms with Crippen molar-refractivity contribution in [3.8, 4) is 0 Å². The minimum Gasteiger partial charge on any atom is -0.493 e. The van der Waals surface area contributed by atoms with Crippen molar-refractivity contribution in [2.75, 3.05) is 17.7 Å². The summed E-state index contributed by atoms with van der Waals surface area (Å²) in [6.07, 6.45) is 2.98. The highest BCUT2D eigenvalue weighted by atomic mass is 16.6. The van der Waals surface area contributed by atoms with Crippen molar-refractivity contribution in [2.24, 2.45) is 10.8 Å². The molecule has 1 fully saturated rings. The highest BCUT2D eigenvalue weighted by Crippen LogP contribution is 2.33. The molecule has 13 nitrogen and oxygen atoms in total. The second-order valence-corrected chi connectivity index (χ2v) is 7.20. The molecule has 0 unspecified atom stereocenters. The number of Topliss-reactive ketones (excluding diaryl/α,β-unsaturated/α-hetero) is 1. The van der Waals surface area contributed by atoms with Crippen molar-refractivity contribution in [3.05, 3.63) is 18.7 Å². The van der Waals surface area contributed by atoms with Crippen LogP contribution in [0.15, 0.2) is 23.8 Å². The van der Waals surface area contributed by atoms with Crippen LogP contribution in [-0.2, 0) is 14.3 Å². The Bertz CT molecular complexity index is 1010. The van der Waals surface area contributed by atoms with E-state index in [0.29, 0.717) is 0 Å². The monoisotopic (exact) mass is 432 g/mol. The summed E-state index contributed by atoms with van der Waals surface area (Å²) in [7, 11) is 0. The van der Waals surface area contributed by atoms with Crippen molar-refractivity contribution in [3.63, 3.8) is 0 Å². The lowest BCUT2D eigenvalue weighted by Gasteiger charge is -2.16. The van der Waals surface area contributed by atoms with Crippen molar-refractivity contribution in [2.45, 2.75) is 49.9 Å². The number of nitrogens with two attached hydrogens (primary N) is 2. The lowest BCUT2D eigenvalue weighted by Crippen LogP contribution is -2.36. The maximum atomic E-state index is 12.2. The van der Waals surface area contributed by atoms with Gasteiger partial charge in [-0.05, 0) is 25.5 Å². The first-order chi connectivity index (χ1) is 15.0. The minimum atomic E-state index is -1.41. The van der Waals surface area contributed by atoms with Crippen molar-refractivity contribution in [1.82, 2.24) is 19.5 Å². The van der Waals surface area contributed by atoms with Crippen LogP contribution in [0.25, 0.3) is 11.2 Å². The number of nitrogen functional groups attached to an aromatic ring is 1. The van der Waals surface area contributed by atoms with E-state index in [1.54, 1.807) is 12.5 Å². The number of aliphatic hydroxyl groups is 2. The third-order valence-corrected chi connectivity index (χ3v) is 5.04. The fourth-order valence-electron chi connectivity index (χ4n) is 3.46. The number of carbonyl (C=O) groups is 1. The molecule has 4 heterocycles. The average molecular weight is 432 g/mol. The predicted octanol–water partition coefficient (Wildman–Crippen LogP) is -0.964. The number of fused-ring (bicyclic) bond motifs is 1. The van der Waals surface area contributed by atoms with Gasteiger partial charge in [0.1, 0.15) is 29.9 Å². The van der Waals surface area contributed by atoms with Crippen LogP contribution in [0, 0.1) is 0 Å². The van der Waals surface area contributed by atoms with E-state index >= 15 is 0 Å². The molecule has 4 rings (SSSR count). The summed E-state index contributed by atoms with van der Waals surface area (Å²) in [4.78, 5) is 24.8. The first-order valence-corrected chi connectivity index (χ1v) is 9.83. The van der Waals surface area contributed by atoms with Gasteiger partial charge in [0.2, 0.25) is 5.95 Å². The molecule has 0 aromatic carbocycles. The smallest absolute Gasteiger partial charge is 0.247 e. The van der Waals surface area contributed by atoms with Crippen LogP contribution in [0.4, 0.5) is 11.8 Å². The van der Waals surface area contributed by atoms with Gasteiger partial charge in [-0.25, -0.2) is 10.4 Å². The van der Waals surface area contributed by atoms with Gasteiger partial charge in [-0.2, -0.15) is 15.1 Å². The number of imidazole rings is 1. The van der Waals surface area contributed by atoms with Crippen LogP contribution in [-0.4, -0.2) is 72.7 Å². The Morgan fingerprint density at radius 3 is 2.97 bits per heavy atom. The van der Waals surface area contributed by atoms with E-state index in [0.717, 1.165) is 12.8 Å². The highest BCUT2D eigenvalue weighted by molar-refractivity contribution is 5.85. The van der Waals surface area contributed by atoms with Gasteiger partial charge in [0.05, 0.1) is 18.8 Å². The highest BCUT2D eigenvalue weighted by Gasteiger charge is 2.47. The van der Waals surface area contributed by atoms with Crippen molar-refractivity contribution in [1.29, 1.82) is 0 Å². The largest absolute Gasteiger partial charge is 0.493 e. The zero-order valence-electron chi connectivity index (χ0n) is 16.5. The molecule has 166 valence electrons. The topological polar surface area (TPSA) is 196 Å². The predicted molar refractivity (Wildman–Crippen MR) is 110 cm³/mol. The molecular formula is C18H24N8O5. The van der Waals surface area contributed by atoms with Gasteiger partial charge >= 0.3 is 0 Å². The van der Waals surface area contributed by atoms with Gasteiger partial charge in [-0.1, -0.05) is 0 Å². The molecule has 0 bridgehead atoms. The fourth-order valence-corrected chi connectivity index (χ4v) is 3.46. The molecule has 2 aromatic heterocycles. The molecule has 1 saturated heterocycles. The zero-order chi connectivity index (χ0) is 22.0. The van der Waals surface area contributed by atoms with E-state index in [4.69, 9.17) is 20.9 Å².